The molecule has 4 rings (SSSR count). The van der Waals surface area contributed by atoms with Crippen molar-refractivity contribution in [1.82, 2.24) is 14.8 Å². The summed E-state index contributed by atoms with van der Waals surface area (Å²) in [6.07, 6.45) is 4.34. The molecular weight excluding hydrogens is 388 g/mol. The van der Waals surface area contributed by atoms with Crippen LogP contribution in [0.15, 0.2) is 36.4 Å². The van der Waals surface area contributed by atoms with Gasteiger partial charge in [-0.3, -0.25) is 9.69 Å². The number of nitriles is 1. The van der Waals surface area contributed by atoms with Crippen LogP contribution in [0.5, 0.6) is 0 Å². The standard InChI is InChI=1S/C24H32N6O/c25-18-20-7-5-13-30(20)24(31)21(26)8-3-4-12-28-14-16-29(17-15-28)23-11-10-19-6-1-2-9-22(19)27-23/h1-2,6,9-11,20-21H,3-5,7-8,12-17,26H2/t20-,21-/m0/s1. The van der Waals surface area contributed by atoms with E-state index in [2.05, 4.69) is 40.1 Å². The molecule has 0 radical (unpaired) electrons. The van der Waals surface area contributed by atoms with Crippen LogP contribution in [0.1, 0.15) is 32.1 Å². The predicted octanol–water partition coefficient (Wildman–Crippen LogP) is 2.37. The van der Waals surface area contributed by atoms with Gasteiger partial charge in [0.25, 0.3) is 0 Å². The quantitative estimate of drug-likeness (QED) is 0.692. The van der Waals surface area contributed by atoms with Gasteiger partial charge in [0.2, 0.25) is 5.91 Å². The van der Waals surface area contributed by atoms with E-state index < -0.39 is 6.04 Å². The molecule has 0 spiro atoms. The van der Waals surface area contributed by atoms with Gasteiger partial charge in [-0.2, -0.15) is 5.26 Å². The van der Waals surface area contributed by atoms with Crippen molar-refractivity contribution in [2.24, 2.45) is 5.73 Å². The molecule has 0 saturated carbocycles. The molecule has 7 nitrogen and oxygen atoms in total. The second kappa shape index (κ2) is 10.1. The van der Waals surface area contributed by atoms with Crippen LogP contribution in [0.4, 0.5) is 5.82 Å². The minimum Gasteiger partial charge on any atom is -0.354 e. The minimum absolute atomic E-state index is 0.0550. The van der Waals surface area contributed by atoms with Crippen molar-refractivity contribution in [3.63, 3.8) is 0 Å². The Hall–Kier alpha value is -2.69. The van der Waals surface area contributed by atoms with Gasteiger partial charge in [-0.25, -0.2) is 4.98 Å². The lowest BCUT2D eigenvalue weighted by Crippen LogP contribution is -2.47. The Labute approximate surface area is 184 Å². The molecule has 164 valence electrons. The molecule has 1 amide bonds. The highest BCUT2D eigenvalue weighted by Crippen LogP contribution is 2.20. The number of rotatable bonds is 7. The van der Waals surface area contributed by atoms with Crippen LogP contribution in [-0.4, -0.2) is 72.0 Å². The number of nitrogens with two attached hydrogens (primary N) is 1. The number of amides is 1. The van der Waals surface area contributed by atoms with E-state index in [0.717, 1.165) is 69.7 Å². The Kier molecular flexibility index (Phi) is 7.00. The summed E-state index contributed by atoms with van der Waals surface area (Å²) in [6, 6.07) is 14.0. The van der Waals surface area contributed by atoms with Gasteiger partial charge >= 0.3 is 0 Å². The van der Waals surface area contributed by atoms with Gasteiger partial charge in [0.1, 0.15) is 11.9 Å². The Balaban J connectivity index is 1.17. The third kappa shape index (κ3) is 5.15. The van der Waals surface area contributed by atoms with Gasteiger partial charge < -0.3 is 15.5 Å². The molecule has 2 aliphatic heterocycles. The normalized spacial score (nSPS) is 20.7. The third-order valence-corrected chi connectivity index (χ3v) is 6.52. The second-order valence-electron chi connectivity index (χ2n) is 8.61. The summed E-state index contributed by atoms with van der Waals surface area (Å²) in [5.41, 5.74) is 7.17. The zero-order chi connectivity index (χ0) is 21.6. The number of piperazine rings is 1. The number of benzene rings is 1. The molecule has 2 aliphatic rings. The largest absolute Gasteiger partial charge is 0.354 e. The second-order valence-corrected chi connectivity index (χ2v) is 8.61. The number of unbranched alkanes of at least 4 members (excludes halogenated alkanes) is 1. The molecule has 31 heavy (non-hydrogen) atoms. The number of pyridine rings is 1. The first kappa shape index (κ1) is 21.5. The van der Waals surface area contributed by atoms with Gasteiger partial charge in [-0.1, -0.05) is 24.6 Å². The van der Waals surface area contributed by atoms with Gasteiger partial charge in [0.15, 0.2) is 0 Å². The molecule has 1 aromatic carbocycles. The van der Waals surface area contributed by atoms with Crippen molar-refractivity contribution >= 4 is 22.6 Å². The average Bonchev–Trinajstić information content (AvgIpc) is 3.30. The van der Waals surface area contributed by atoms with Gasteiger partial charge in [0, 0.05) is 38.1 Å². The molecule has 2 N–H and O–H groups in total. The number of anilines is 1. The van der Waals surface area contributed by atoms with Crippen LogP contribution in [0.3, 0.4) is 0 Å². The first-order valence-corrected chi connectivity index (χ1v) is 11.4. The molecule has 0 bridgehead atoms. The molecule has 0 aliphatic carbocycles. The Morgan fingerprint density at radius 3 is 2.74 bits per heavy atom. The average molecular weight is 421 g/mol. The fourth-order valence-corrected chi connectivity index (χ4v) is 4.63. The van der Waals surface area contributed by atoms with Crippen LogP contribution in [0.25, 0.3) is 10.9 Å². The lowest BCUT2D eigenvalue weighted by molar-refractivity contribution is -0.132. The van der Waals surface area contributed by atoms with E-state index in [1.807, 2.05) is 12.1 Å². The first-order valence-electron chi connectivity index (χ1n) is 11.4. The summed E-state index contributed by atoms with van der Waals surface area (Å²) in [6.45, 7) is 5.71. The van der Waals surface area contributed by atoms with E-state index in [1.165, 1.54) is 5.39 Å². The topological polar surface area (TPSA) is 89.5 Å². The highest BCUT2D eigenvalue weighted by molar-refractivity contribution is 5.82. The van der Waals surface area contributed by atoms with Crippen molar-refractivity contribution in [2.75, 3.05) is 44.2 Å². The van der Waals surface area contributed by atoms with Gasteiger partial charge in [0.05, 0.1) is 17.6 Å². The lowest BCUT2D eigenvalue weighted by atomic mass is 10.1. The lowest BCUT2D eigenvalue weighted by Gasteiger charge is -2.35. The van der Waals surface area contributed by atoms with E-state index in [0.29, 0.717) is 13.0 Å². The summed E-state index contributed by atoms with van der Waals surface area (Å²) >= 11 is 0. The maximum Gasteiger partial charge on any atom is 0.240 e. The number of hydrogen-bond acceptors (Lipinski definition) is 6. The predicted molar refractivity (Wildman–Crippen MR) is 123 cm³/mol. The van der Waals surface area contributed by atoms with E-state index in [-0.39, 0.29) is 11.9 Å². The van der Waals surface area contributed by atoms with Crippen LogP contribution >= 0.6 is 0 Å². The van der Waals surface area contributed by atoms with E-state index in [1.54, 1.807) is 4.90 Å². The number of fused-ring (bicyclic) bond motifs is 1. The van der Waals surface area contributed by atoms with Crippen molar-refractivity contribution in [2.45, 2.75) is 44.2 Å². The van der Waals surface area contributed by atoms with Crippen molar-refractivity contribution in [3.8, 4) is 6.07 Å². The Bertz CT molecular complexity index is 933. The van der Waals surface area contributed by atoms with Crippen LogP contribution < -0.4 is 10.6 Å². The zero-order valence-electron chi connectivity index (χ0n) is 18.1. The number of hydrogen-bond donors (Lipinski definition) is 1. The molecule has 2 aromatic rings. The smallest absolute Gasteiger partial charge is 0.240 e. The number of likely N-dealkylation sites (tertiary alicyclic amines) is 1. The Morgan fingerprint density at radius 2 is 1.94 bits per heavy atom. The molecule has 0 unspecified atom stereocenters. The minimum atomic E-state index is -0.482. The molecule has 2 atom stereocenters. The molecule has 2 saturated heterocycles. The monoisotopic (exact) mass is 420 g/mol. The maximum atomic E-state index is 12.5. The molecule has 2 fully saturated rings. The molecule has 3 heterocycles. The highest BCUT2D eigenvalue weighted by atomic mass is 16.2. The molecular formula is C24H32N6O. The Morgan fingerprint density at radius 1 is 1.13 bits per heavy atom. The van der Waals surface area contributed by atoms with Crippen LogP contribution in [0.2, 0.25) is 0 Å². The number of carbonyl (C=O) groups excluding carboxylic acids is 1. The van der Waals surface area contributed by atoms with Crippen molar-refractivity contribution < 1.29 is 4.79 Å². The van der Waals surface area contributed by atoms with Gasteiger partial charge in [-0.05, 0) is 50.4 Å². The summed E-state index contributed by atoms with van der Waals surface area (Å²) in [4.78, 5) is 23.8. The SMILES string of the molecule is N#C[C@@H]1CCCN1C(=O)[C@@H](N)CCCCN1CCN(c2ccc3ccccc3n2)CC1. The summed E-state index contributed by atoms with van der Waals surface area (Å²) < 4.78 is 0. The molecule has 7 heteroatoms. The van der Waals surface area contributed by atoms with E-state index in [9.17, 15) is 4.79 Å². The van der Waals surface area contributed by atoms with Crippen LogP contribution in [-0.2, 0) is 4.79 Å². The number of nitrogens with zero attached hydrogens (tertiary/aromatic N) is 5. The van der Waals surface area contributed by atoms with E-state index in [4.69, 9.17) is 16.0 Å². The fraction of sp³-hybridized carbons (Fsp3) is 0.542. The van der Waals surface area contributed by atoms with Crippen LogP contribution in [0, 0.1) is 11.3 Å². The maximum absolute atomic E-state index is 12.5. The van der Waals surface area contributed by atoms with E-state index >= 15 is 0 Å². The van der Waals surface area contributed by atoms with Crippen molar-refractivity contribution in [3.05, 3.63) is 36.4 Å². The fourth-order valence-electron chi connectivity index (χ4n) is 4.63. The third-order valence-electron chi connectivity index (χ3n) is 6.52. The zero-order valence-corrected chi connectivity index (χ0v) is 18.1. The van der Waals surface area contributed by atoms with Gasteiger partial charge in [-0.15, -0.1) is 0 Å². The number of aromatic nitrogens is 1. The first-order chi connectivity index (χ1) is 15.2. The molecule has 1 aromatic heterocycles. The number of para-hydroxylation sites is 1. The summed E-state index contributed by atoms with van der Waals surface area (Å²) in [5, 5.41) is 10.3. The number of carbonyl (C=O) groups is 1. The van der Waals surface area contributed by atoms with Crippen molar-refractivity contribution in [1.29, 1.82) is 5.26 Å². The highest BCUT2D eigenvalue weighted by Gasteiger charge is 2.31. The summed E-state index contributed by atoms with van der Waals surface area (Å²) in [7, 11) is 0. The summed E-state index contributed by atoms with van der Waals surface area (Å²) in [5.74, 6) is 1.00.